The summed E-state index contributed by atoms with van der Waals surface area (Å²) in [4.78, 5) is 0. The maximum absolute atomic E-state index is 12.9. The highest BCUT2D eigenvalue weighted by atomic mass is 19.1. The number of phenolic OH excluding ortho intramolecular Hbond substituents is 1. The summed E-state index contributed by atoms with van der Waals surface area (Å²) in [7, 11) is 0. The molecule has 0 aromatic heterocycles. The number of rotatable bonds is 7. The molecule has 17 heavy (non-hydrogen) atoms. The van der Waals surface area contributed by atoms with Gasteiger partial charge in [-0.05, 0) is 43.5 Å². The van der Waals surface area contributed by atoms with Crippen molar-refractivity contribution in [3.05, 3.63) is 29.6 Å². The van der Waals surface area contributed by atoms with Crippen LogP contribution >= 0.6 is 0 Å². The van der Waals surface area contributed by atoms with Crippen molar-refractivity contribution in [2.75, 3.05) is 13.2 Å². The molecule has 1 rings (SSSR count). The van der Waals surface area contributed by atoms with E-state index in [0.717, 1.165) is 19.4 Å². The Bertz CT molecular complexity index is 344. The topological polar surface area (TPSA) is 52.5 Å². The molecular formula is C13H20FNO2. The molecule has 0 saturated heterocycles. The number of phenols is 1. The fourth-order valence-corrected chi connectivity index (χ4v) is 1.59. The minimum absolute atomic E-state index is 0.114. The number of halogens is 1. The van der Waals surface area contributed by atoms with Crippen molar-refractivity contribution in [2.45, 2.75) is 26.3 Å². The first-order chi connectivity index (χ1) is 8.13. The Balaban J connectivity index is 2.24. The average Bonchev–Trinajstić information content (AvgIpc) is 2.32. The Labute approximate surface area is 101 Å². The number of nitrogens with one attached hydrogen (secondary N) is 1. The van der Waals surface area contributed by atoms with Crippen LogP contribution in [0, 0.1) is 11.7 Å². The lowest BCUT2D eigenvalue weighted by Crippen LogP contribution is -2.16. The summed E-state index contributed by atoms with van der Waals surface area (Å²) in [6, 6.07) is 3.93. The van der Waals surface area contributed by atoms with Crippen LogP contribution in [0.15, 0.2) is 18.2 Å². The summed E-state index contributed by atoms with van der Waals surface area (Å²) in [5.41, 5.74) is 0.570. The van der Waals surface area contributed by atoms with E-state index in [1.54, 1.807) is 0 Å². The highest BCUT2D eigenvalue weighted by molar-refractivity contribution is 5.32. The second-order valence-corrected chi connectivity index (χ2v) is 4.38. The Morgan fingerprint density at radius 1 is 1.41 bits per heavy atom. The number of hydrogen-bond acceptors (Lipinski definition) is 3. The van der Waals surface area contributed by atoms with Crippen molar-refractivity contribution >= 4 is 0 Å². The van der Waals surface area contributed by atoms with E-state index in [4.69, 9.17) is 5.11 Å². The van der Waals surface area contributed by atoms with Crippen LogP contribution in [0.5, 0.6) is 5.75 Å². The molecule has 3 nitrogen and oxygen atoms in total. The standard InChI is InChI=1S/C13H20FNO2/c1-10(9-16)3-2-6-15-8-11-7-12(14)4-5-13(11)17/h4-5,7,10,15-17H,2-3,6,8-9H2,1H3. The molecule has 1 aromatic rings. The molecule has 3 N–H and O–H groups in total. The summed E-state index contributed by atoms with van der Waals surface area (Å²) >= 11 is 0. The van der Waals surface area contributed by atoms with Gasteiger partial charge in [0.2, 0.25) is 0 Å². The second kappa shape index (κ2) is 7.25. The SMILES string of the molecule is CC(CO)CCCNCc1cc(F)ccc1O. The van der Waals surface area contributed by atoms with Gasteiger partial charge in [-0.2, -0.15) is 0 Å². The van der Waals surface area contributed by atoms with Crippen LogP contribution in [-0.4, -0.2) is 23.4 Å². The predicted molar refractivity (Wildman–Crippen MR) is 65.3 cm³/mol. The number of aromatic hydroxyl groups is 1. The Kier molecular flexibility index (Phi) is 5.94. The molecule has 1 aromatic carbocycles. The molecule has 0 fully saturated rings. The summed E-state index contributed by atoms with van der Waals surface area (Å²) in [5, 5.41) is 21.5. The van der Waals surface area contributed by atoms with Gasteiger partial charge in [-0.15, -0.1) is 0 Å². The molecule has 0 bridgehead atoms. The molecule has 0 aliphatic heterocycles. The van der Waals surface area contributed by atoms with E-state index in [1.807, 2.05) is 6.92 Å². The number of benzene rings is 1. The molecular weight excluding hydrogens is 221 g/mol. The summed E-state index contributed by atoms with van der Waals surface area (Å²) in [6.45, 7) is 3.46. The summed E-state index contributed by atoms with van der Waals surface area (Å²) in [6.07, 6.45) is 1.91. The lowest BCUT2D eigenvalue weighted by Gasteiger charge is -2.09. The summed E-state index contributed by atoms with van der Waals surface area (Å²) < 4.78 is 12.9. The molecule has 0 aliphatic rings. The third kappa shape index (κ3) is 5.15. The predicted octanol–water partition coefficient (Wildman–Crippen LogP) is 2.03. The fourth-order valence-electron chi connectivity index (χ4n) is 1.59. The first-order valence-electron chi connectivity index (χ1n) is 5.92. The van der Waals surface area contributed by atoms with Gasteiger partial charge in [-0.25, -0.2) is 4.39 Å². The van der Waals surface area contributed by atoms with E-state index in [0.29, 0.717) is 18.0 Å². The monoisotopic (exact) mass is 241 g/mol. The number of hydrogen-bond donors (Lipinski definition) is 3. The molecule has 96 valence electrons. The molecule has 0 amide bonds. The van der Waals surface area contributed by atoms with Gasteiger partial charge in [0.25, 0.3) is 0 Å². The molecule has 0 aliphatic carbocycles. The zero-order valence-electron chi connectivity index (χ0n) is 10.1. The Morgan fingerprint density at radius 3 is 2.88 bits per heavy atom. The number of aliphatic hydroxyl groups excluding tert-OH is 1. The molecule has 1 atom stereocenters. The highest BCUT2D eigenvalue weighted by Gasteiger charge is 2.03. The first-order valence-corrected chi connectivity index (χ1v) is 5.92. The fraction of sp³-hybridized carbons (Fsp3) is 0.538. The third-order valence-corrected chi connectivity index (χ3v) is 2.72. The normalized spacial score (nSPS) is 12.6. The van der Waals surface area contributed by atoms with Crippen molar-refractivity contribution in [1.29, 1.82) is 0 Å². The van der Waals surface area contributed by atoms with E-state index >= 15 is 0 Å². The van der Waals surface area contributed by atoms with E-state index in [1.165, 1.54) is 18.2 Å². The second-order valence-electron chi connectivity index (χ2n) is 4.38. The molecule has 0 radical (unpaired) electrons. The zero-order chi connectivity index (χ0) is 12.7. The highest BCUT2D eigenvalue weighted by Crippen LogP contribution is 2.17. The average molecular weight is 241 g/mol. The molecule has 0 saturated carbocycles. The Morgan fingerprint density at radius 2 is 2.18 bits per heavy atom. The lowest BCUT2D eigenvalue weighted by atomic mass is 10.1. The van der Waals surface area contributed by atoms with Gasteiger partial charge in [0.1, 0.15) is 11.6 Å². The van der Waals surface area contributed by atoms with Crippen LogP contribution in [0.1, 0.15) is 25.3 Å². The van der Waals surface area contributed by atoms with Gasteiger partial charge in [0.15, 0.2) is 0 Å². The van der Waals surface area contributed by atoms with Crippen molar-refractivity contribution in [3.8, 4) is 5.75 Å². The molecule has 4 heteroatoms. The largest absolute Gasteiger partial charge is 0.508 e. The van der Waals surface area contributed by atoms with Crippen molar-refractivity contribution < 1.29 is 14.6 Å². The lowest BCUT2D eigenvalue weighted by molar-refractivity contribution is 0.228. The van der Waals surface area contributed by atoms with Crippen LogP contribution < -0.4 is 5.32 Å². The molecule has 0 spiro atoms. The third-order valence-electron chi connectivity index (χ3n) is 2.72. The minimum atomic E-state index is -0.339. The number of aliphatic hydroxyl groups is 1. The minimum Gasteiger partial charge on any atom is -0.508 e. The molecule has 0 heterocycles. The van der Waals surface area contributed by atoms with Crippen LogP contribution in [-0.2, 0) is 6.54 Å². The van der Waals surface area contributed by atoms with Crippen molar-refractivity contribution in [3.63, 3.8) is 0 Å². The first kappa shape index (κ1) is 13.9. The summed E-state index contributed by atoms with van der Waals surface area (Å²) in [5.74, 6) is 0.0931. The van der Waals surface area contributed by atoms with Crippen LogP contribution in [0.3, 0.4) is 0 Å². The van der Waals surface area contributed by atoms with Crippen LogP contribution in [0.25, 0.3) is 0 Å². The van der Waals surface area contributed by atoms with E-state index in [9.17, 15) is 9.50 Å². The van der Waals surface area contributed by atoms with Crippen LogP contribution in [0.2, 0.25) is 0 Å². The van der Waals surface area contributed by atoms with Gasteiger partial charge < -0.3 is 15.5 Å². The molecule has 1 unspecified atom stereocenters. The van der Waals surface area contributed by atoms with Gasteiger partial charge in [0.05, 0.1) is 0 Å². The zero-order valence-corrected chi connectivity index (χ0v) is 10.1. The van der Waals surface area contributed by atoms with Crippen molar-refractivity contribution in [1.82, 2.24) is 5.32 Å². The van der Waals surface area contributed by atoms with Gasteiger partial charge in [-0.3, -0.25) is 0 Å². The van der Waals surface area contributed by atoms with Gasteiger partial charge >= 0.3 is 0 Å². The Hall–Kier alpha value is -1.13. The van der Waals surface area contributed by atoms with E-state index < -0.39 is 0 Å². The smallest absolute Gasteiger partial charge is 0.123 e. The van der Waals surface area contributed by atoms with E-state index in [2.05, 4.69) is 5.32 Å². The van der Waals surface area contributed by atoms with Gasteiger partial charge in [0, 0.05) is 18.7 Å². The maximum Gasteiger partial charge on any atom is 0.123 e. The van der Waals surface area contributed by atoms with Crippen molar-refractivity contribution in [2.24, 2.45) is 5.92 Å². The maximum atomic E-state index is 12.9. The van der Waals surface area contributed by atoms with Gasteiger partial charge in [-0.1, -0.05) is 6.92 Å². The quantitative estimate of drug-likeness (QED) is 0.640. The van der Waals surface area contributed by atoms with E-state index in [-0.39, 0.29) is 18.2 Å². The van der Waals surface area contributed by atoms with Crippen LogP contribution in [0.4, 0.5) is 4.39 Å².